The Labute approximate surface area is 406 Å². The van der Waals surface area contributed by atoms with Crippen molar-refractivity contribution in [1.82, 2.24) is 15.0 Å². The van der Waals surface area contributed by atoms with Crippen molar-refractivity contribution in [3.8, 4) is 112 Å². The Balaban J connectivity index is 0.855. The molecule has 0 fully saturated rings. The van der Waals surface area contributed by atoms with Crippen molar-refractivity contribution >= 4 is 27.2 Å². The molecule has 0 aliphatic heterocycles. The highest BCUT2D eigenvalue weighted by atomic mass is 15.0. The third kappa shape index (κ3) is 7.04. The van der Waals surface area contributed by atoms with Gasteiger partial charge in [0.15, 0.2) is 17.5 Å². The first-order valence-electron chi connectivity index (χ1n) is 23.5. The van der Waals surface area contributed by atoms with Crippen molar-refractivity contribution < 1.29 is 0 Å². The summed E-state index contributed by atoms with van der Waals surface area (Å²) in [6.45, 7) is 8.56. The van der Waals surface area contributed by atoms with E-state index in [1.807, 2.05) is 30.3 Å². The van der Waals surface area contributed by atoms with E-state index in [1.54, 1.807) is 0 Å². The molecule has 0 bridgehead atoms. The van der Waals surface area contributed by atoms with Gasteiger partial charge in [-0.05, 0) is 124 Å². The molecule has 0 saturated heterocycles. The van der Waals surface area contributed by atoms with Crippen molar-refractivity contribution in [2.75, 3.05) is 0 Å². The Hall–Kier alpha value is -9.56. The number of para-hydroxylation sites is 1. The number of benzene rings is 11. The number of aromatic nitrogens is 3. The molecular formula is C66H40N4. The van der Waals surface area contributed by atoms with Crippen LogP contribution >= 0.6 is 0 Å². The van der Waals surface area contributed by atoms with Crippen LogP contribution in [-0.4, -0.2) is 15.0 Å². The highest BCUT2D eigenvalue weighted by molar-refractivity contribution is 6.18. The van der Waals surface area contributed by atoms with Crippen molar-refractivity contribution in [2.24, 2.45) is 0 Å². The number of fused-ring (bicyclic) bond motifs is 4. The molecule has 11 aromatic carbocycles. The van der Waals surface area contributed by atoms with E-state index in [0.29, 0.717) is 23.2 Å². The van der Waals surface area contributed by atoms with Gasteiger partial charge in [0.1, 0.15) is 0 Å². The summed E-state index contributed by atoms with van der Waals surface area (Å²) in [4.78, 5) is 19.5. The van der Waals surface area contributed by atoms with E-state index in [4.69, 9.17) is 21.5 Å². The lowest BCUT2D eigenvalue weighted by molar-refractivity contribution is 1.07. The maximum absolute atomic E-state index is 8.56. The largest absolute Gasteiger partial charge is 0.237 e. The maximum Gasteiger partial charge on any atom is 0.202 e. The zero-order valence-electron chi connectivity index (χ0n) is 37.9. The lowest BCUT2D eigenvalue weighted by Gasteiger charge is -2.14. The summed E-state index contributed by atoms with van der Waals surface area (Å²) in [5.74, 6) is 1.80. The third-order valence-electron chi connectivity index (χ3n) is 13.7. The van der Waals surface area contributed by atoms with E-state index in [1.165, 1.54) is 49.4 Å². The molecule has 0 N–H and O–H groups in total. The number of hydrogen-bond acceptors (Lipinski definition) is 3. The Morgan fingerprint density at radius 1 is 0.257 bits per heavy atom. The van der Waals surface area contributed by atoms with Gasteiger partial charge in [-0.2, -0.15) is 0 Å². The third-order valence-corrected chi connectivity index (χ3v) is 13.7. The van der Waals surface area contributed by atoms with Crippen LogP contribution in [0.1, 0.15) is 0 Å². The van der Waals surface area contributed by atoms with Gasteiger partial charge in [-0.3, -0.25) is 0 Å². The molecule has 70 heavy (non-hydrogen) atoms. The summed E-state index contributed by atoms with van der Waals surface area (Å²) in [6.07, 6.45) is 0. The van der Waals surface area contributed by atoms with Crippen molar-refractivity contribution in [2.45, 2.75) is 0 Å². The molecule has 0 radical (unpaired) electrons. The molecule has 1 heterocycles. The van der Waals surface area contributed by atoms with Crippen LogP contribution in [0, 0.1) is 6.57 Å². The van der Waals surface area contributed by atoms with Crippen LogP contribution in [0.4, 0.5) is 5.69 Å². The highest BCUT2D eigenvalue weighted by Gasteiger charge is 2.23. The molecular weight excluding hydrogens is 849 g/mol. The van der Waals surface area contributed by atoms with E-state index in [0.717, 1.165) is 66.8 Å². The summed E-state index contributed by atoms with van der Waals surface area (Å²) in [5, 5.41) is 4.93. The van der Waals surface area contributed by atoms with Gasteiger partial charge >= 0.3 is 0 Å². The summed E-state index contributed by atoms with van der Waals surface area (Å²) >= 11 is 0. The number of nitrogens with zero attached hydrogens (tertiary/aromatic N) is 4. The van der Waals surface area contributed by atoms with E-state index in [2.05, 4.69) is 217 Å². The Morgan fingerprint density at radius 3 is 1.27 bits per heavy atom. The second-order valence-electron chi connectivity index (χ2n) is 17.8. The Morgan fingerprint density at radius 2 is 0.614 bits per heavy atom. The van der Waals surface area contributed by atoms with E-state index in [-0.39, 0.29) is 0 Å². The van der Waals surface area contributed by atoms with Gasteiger partial charge in [-0.15, -0.1) is 0 Å². The SMILES string of the molecule is [C-]#[N+]c1c(-c2cccc(-c3cccc(-c4nc(-c5ccccc5)nc(-c5cccc(-c6cccc7ccccc67)c5)n4)c3)c2)cccc1-c1cccc(-c2ccc3c4c(cccc24)-c2ccccc2-3)c1. The van der Waals surface area contributed by atoms with E-state index in [9.17, 15) is 0 Å². The fourth-order valence-electron chi connectivity index (χ4n) is 10.4. The summed E-state index contributed by atoms with van der Waals surface area (Å²) < 4.78 is 0. The second kappa shape index (κ2) is 16.9. The molecule has 0 saturated carbocycles. The van der Waals surface area contributed by atoms with Crippen LogP contribution in [0.25, 0.3) is 138 Å². The van der Waals surface area contributed by atoms with Crippen LogP contribution < -0.4 is 0 Å². The minimum atomic E-state index is 0.588. The molecule has 0 atom stereocenters. The van der Waals surface area contributed by atoms with Gasteiger partial charge in [0, 0.05) is 16.7 Å². The maximum atomic E-state index is 8.56. The summed E-state index contributed by atoms with van der Waals surface area (Å²) in [6, 6.07) is 85.0. The molecule has 4 heteroatoms. The minimum Gasteiger partial charge on any atom is -0.237 e. The van der Waals surface area contributed by atoms with Gasteiger partial charge in [-0.1, -0.05) is 218 Å². The molecule has 1 aliphatic rings. The van der Waals surface area contributed by atoms with Crippen LogP contribution in [0.5, 0.6) is 0 Å². The quantitative estimate of drug-likeness (QED) is 0.143. The van der Waals surface area contributed by atoms with Gasteiger partial charge in [0.2, 0.25) is 5.69 Å². The Kier molecular flexibility index (Phi) is 9.85. The Bertz CT molecular complexity index is 4050. The van der Waals surface area contributed by atoms with Gasteiger partial charge < -0.3 is 0 Å². The summed E-state index contributed by atoms with van der Waals surface area (Å²) in [7, 11) is 0. The summed E-state index contributed by atoms with van der Waals surface area (Å²) in [5.41, 5.74) is 18.8. The fraction of sp³-hybridized carbons (Fsp3) is 0. The molecule has 1 aromatic heterocycles. The molecule has 324 valence electrons. The molecule has 12 aromatic rings. The molecule has 13 rings (SSSR count). The highest BCUT2D eigenvalue weighted by Crippen LogP contribution is 2.50. The van der Waals surface area contributed by atoms with Crippen LogP contribution in [0.3, 0.4) is 0 Å². The van der Waals surface area contributed by atoms with Crippen molar-refractivity contribution in [1.29, 1.82) is 0 Å². The molecule has 0 amide bonds. The first-order valence-corrected chi connectivity index (χ1v) is 23.5. The predicted octanol–water partition coefficient (Wildman–Crippen LogP) is 17.7. The lowest BCUT2D eigenvalue weighted by atomic mass is 9.91. The predicted molar refractivity (Wildman–Crippen MR) is 289 cm³/mol. The van der Waals surface area contributed by atoms with Gasteiger partial charge in [-0.25, -0.2) is 19.8 Å². The first-order chi connectivity index (χ1) is 34.6. The average Bonchev–Trinajstić information content (AvgIpc) is 3.77. The number of hydrogen-bond donors (Lipinski definition) is 0. The average molecular weight is 889 g/mol. The first kappa shape index (κ1) is 40.7. The number of rotatable bonds is 8. The smallest absolute Gasteiger partial charge is 0.202 e. The molecule has 0 unspecified atom stereocenters. The fourth-order valence-corrected chi connectivity index (χ4v) is 10.4. The zero-order valence-corrected chi connectivity index (χ0v) is 37.9. The van der Waals surface area contributed by atoms with Crippen LogP contribution in [0.15, 0.2) is 243 Å². The van der Waals surface area contributed by atoms with Crippen LogP contribution in [0.2, 0.25) is 0 Å². The normalized spacial score (nSPS) is 11.4. The van der Waals surface area contributed by atoms with Gasteiger partial charge in [0.05, 0.1) is 6.57 Å². The molecule has 4 nitrogen and oxygen atoms in total. The van der Waals surface area contributed by atoms with Gasteiger partial charge in [0.25, 0.3) is 0 Å². The lowest BCUT2D eigenvalue weighted by Crippen LogP contribution is -2.00. The zero-order chi connectivity index (χ0) is 46.5. The molecule has 0 spiro atoms. The van der Waals surface area contributed by atoms with E-state index >= 15 is 0 Å². The second-order valence-corrected chi connectivity index (χ2v) is 17.8. The van der Waals surface area contributed by atoms with Crippen molar-refractivity contribution in [3.05, 3.63) is 254 Å². The minimum absolute atomic E-state index is 0.588. The monoisotopic (exact) mass is 888 g/mol. The van der Waals surface area contributed by atoms with E-state index < -0.39 is 0 Å². The van der Waals surface area contributed by atoms with Crippen LogP contribution in [-0.2, 0) is 0 Å². The standard InChI is InChI=1S/C66H40N4/c1-67-63-55(32-14-33-56(63)49-25-11-22-46(40-49)54-36-37-61-58-30-8-7-29-57(58)60-35-15-34-59(54)62(60)61)48-24-9-20-44(38-48)45-21-10-26-50(39-45)65-68-64(43-17-3-2-4-18-43)69-66(70-65)51-27-12-23-47(41-51)53-31-13-19-42-16-5-6-28-52(42)53/h2-41H. The van der Waals surface area contributed by atoms with Crippen molar-refractivity contribution in [3.63, 3.8) is 0 Å². The topological polar surface area (TPSA) is 43.0 Å². The molecule has 1 aliphatic carbocycles.